The van der Waals surface area contributed by atoms with Gasteiger partial charge in [0.15, 0.2) is 0 Å². The fourth-order valence-corrected chi connectivity index (χ4v) is 2.46. The summed E-state index contributed by atoms with van der Waals surface area (Å²) in [6, 6.07) is 19.5. The molecule has 3 rings (SSSR count). The normalized spacial score (nSPS) is 10.8. The lowest BCUT2D eigenvalue weighted by molar-refractivity contribution is 0.191. The van der Waals surface area contributed by atoms with Gasteiger partial charge in [-0.25, -0.2) is 4.98 Å². The van der Waals surface area contributed by atoms with Crippen LogP contribution in [0, 0.1) is 0 Å². The number of aliphatic hydroxyl groups is 2. The lowest BCUT2D eigenvalue weighted by Crippen LogP contribution is -2.05. The Kier molecular flexibility index (Phi) is 3.81. The Balaban J connectivity index is 2.27. The van der Waals surface area contributed by atoms with Gasteiger partial charge in [-0.3, -0.25) is 0 Å². The highest BCUT2D eigenvalue weighted by atomic mass is 16.3. The van der Waals surface area contributed by atoms with E-state index in [0.29, 0.717) is 5.82 Å². The molecule has 21 heavy (non-hydrogen) atoms. The topological polar surface area (TPSA) is 58.3 Å². The van der Waals surface area contributed by atoms with Crippen LogP contribution < -0.4 is 0 Å². The Morgan fingerprint density at radius 3 is 1.90 bits per heavy atom. The molecule has 0 saturated carbocycles. The SMILES string of the molecule is OCc1nc(-c2ccccc2)c(-c2ccccc2)n1CO. The summed E-state index contributed by atoms with van der Waals surface area (Å²) in [5.41, 5.74) is 3.49. The summed E-state index contributed by atoms with van der Waals surface area (Å²) in [7, 11) is 0. The van der Waals surface area contributed by atoms with E-state index in [2.05, 4.69) is 4.98 Å². The average Bonchev–Trinajstić information content (AvgIpc) is 2.95. The Morgan fingerprint density at radius 1 is 0.810 bits per heavy atom. The molecule has 106 valence electrons. The molecule has 0 aliphatic heterocycles. The highest BCUT2D eigenvalue weighted by Gasteiger charge is 2.18. The average molecular weight is 280 g/mol. The van der Waals surface area contributed by atoms with Crippen LogP contribution in [0.2, 0.25) is 0 Å². The van der Waals surface area contributed by atoms with Crippen LogP contribution in [0.1, 0.15) is 5.82 Å². The molecule has 0 amide bonds. The molecular weight excluding hydrogens is 264 g/mol. The molecule has 0 unspecified atom stereocenters. The monoisotopic (exact) mass is 280 g/mol. The lowest BCUT2D eigenvalue weighted by atomic mass is 10.0. The van der Waals surface area contributed by atoms with Crippen molar-refractivity contribution in [2.45, 2.75) is 13.3 Å². The maximum atomic E-state index is 9.66. The van der Waals surface area contributed by atoms with Crippen molar-refractivity contribution >= 4 is 0 Å². The molecule has 2 N–H and O–H groups in total. The van der Waals surface area contributed by atoms with Gasteiger partial charge in [-0.05, 0) is 0 Å². The first-order valence-electron chi connectivity index (χ1n) is 6.77. The molecule has 0 spiro atoms. The van der Waals surface area contributed by atoms with Crippen molar-refractivity contribution in [3.05, 3.63) is 66.5 Å². The molecule has 0 bridgehead atoms. The van der Waals surface area contributed by atoms with E-state index in [9.17, 15) is 10.2 Å². The number of aliphatic hydroxyl groups excluding tert-OH is 2. The number of hydrogen-bond donors (Lipinski definition) is 2. The molecule has 4 nitrogen and oxygen atoms in total. The zero-order chi connectivity index (χ0) is 14.7. The van der Waals surface area contributed by atoms with Gasteiger partial charge in [0.2, 0.25) is 0 Å². The summed E-state index contributed by atoms with van der Waals surface area (Å²) in [5.74, 6) is 0.454. The number of imidazole rings is 1. The van der Waals surface area contributed by atoms with Crippen LogP contribution in [0.3, 0.4) is 0 Å². The second kappa shape index (κ2) is 5.91. The molecule has 0 atom stereocenters. The molecule has 2 aromatic carbocycles. The van der Waals surface area contributed by atoms with Crippen molar-refractivity contribution < 1.29 is 10.2 Å². The minimum absolute atomic E-state index is 0.215. The van der Waals surface area contributed by atoms with Gasteiger partial charge in [-0.2, -0.15) is 0 Å². The molecule has 0 saturated heterocycles. The van der Waals surface area contributed by atoms with E-state index in [4.69, 9.17) is 0 Å². The van der Waals surface area contributed by atoms with Gasteiger partial charge < -0.3 is 14.8 Å². The number of nitrogens with zero attached hydrogens (tertiary/aromatic N) is 2. The van der Waals surface area contributed by atoms with Crippen LogP contribution in [0.5, 0.6) is 0 Å². The zero-order valence-corrected chi connectivity index (χ0v) is 11.5. The molecule has 0 fully saturated rings. The molecule has 0 aliphatic carbocycles. The van der Waals surface area contributed by atoms with Crippen LogP contribution in [0.4, 0.5) is 0 Å². The smallest absolute Gasteiger partial charge is 0.137 e. The predicted octanol–water partition coefficient (Wildman–Crippen LogP) is 2.66. The third-order valence-corrected chi connectivity index (χ3v) is 3.42. The maximum Gasteiger partial charge on any atom is 0.137 e. The van der Waals surface area contributed by atoms with Gasteiger partial charge in [-0.15, -0.1) is 0 Å². The first kappa shape index (κ1) is 13.5. The van der Waals surface area contributed by atoms with Gasteiger partial charge in [0, 0.05) is 11.1 Å². The number of rotatable bonds is 4. The number of benzene rings is 2. The quantitative estimate of drug-likeness (QED) is 0.772. The number of aromatic nitrogens is 2. The third kappa shape index (κ3) is 2.46. The van der Waals surface area contributed by atoms with Crippen molar-refractivity contribution in [2.24, 2.45) is 0 Å². The summed E-state index contributed by atoms with van der Waals surface area (Å²) in [5, 5.41) is 19.2. The van der Waals surface area contributed by atoms with E-state index in [1.807, 2.05) is 60.7 Å². The largest absolute Gasteiger partial charge is 0.388 e. The van der Waals surface area contributed by atoms with Crippen molar-refractivity contribution in [1.29, 1.82) is 0 Å². The Labute approximate surface area is 123 Å². The van der Waals surface area contributed by atoms with Crippen molar-refractivity contribution in [3.8, 4) is 22.5 Å². The van der Waals surface area contributed by atoms with E-state index in [1.165, 1.54) is 0 Å². The second-order valence-corrected chi connectivity index (χ2v) is 4.68. The molecule has 0 radical (unpaired) electrons. The standard InChI is InChI=1S/C17H16N2O2/c20-11-15-18-16(13-7-3-1-4-8-13)17(19(15)12-21)14-9-5-2-6-10-14/h1-10,20-21H,11-12H2. The van der Waals surface area contributed by atoms with Gasteiger partial charge in [-0.1, -0.05) is 60.7 Å². The Bertz CT molecular complexity index is 721. The molecular formula is C17H16N2O2. The minimum atomic E-state index is -0.222. The molecule has 3 aromatic rings. The fraction of sp³-hybridized carbons (Fsp3) is 0.118. The minimum Gasteiger partial charge on any atom is -0.388 e. The van der Waals surface area contributed by atoms with E-state index >= 15 is 0 Å². The van der Waals surface area contributed by atoms with E-state index in [-0.39, 0.29) is 13.3 Å². The van der Waals surface area contributed by atoms with Gasteiger partial charge in [0.1, 0.15) is 19.2 Å². The molecule has 1 aromatic heterocycles. The van der Waals surface area contributed by atoms with Gasteiger partial charge in [0.25, 0.3) is 0 Å². The van der Waals surface area contributed by atoms with E-state index in [1.54, 1.807) is 4.57 Å². The summed E-state index contributed by atoms with van der Waals surface area (Å²) in [6.45, 7) is -0.437. The van der Waals surface area contributed by atoms with E-state index < -0.39 is 0 Å². The summed E-state index contributed by atoms with van der Waals surface area (Å²) >= 11 is 0. The predicted molar refractivity (Wildman–Crippen MR) is 81.2 cm³/mol. The Morgan fingerprint density at radius 2 is 1.38 bits per heavy atom. The van der Waals surface area contributed by atoms with Crippen LogP contribution in [-0.2, 0) is 13.3 Å². The summed E-state index contributed by atoms with van der Waals surface area (Å²) in [6.07, 6.45) is 0. The lowest BCUT2D eigenvalue weighted by Gasteiger charge is -2.09. The van der Waals surface area contributed by atoms with Crippen molar-refractivity contribution in [3.63, 3.8) is 0 Å². The summed E-state index contributed by atoms with van der Waals surface area (Å²) < 4.78 is 1.64. The maximum absolute atomic E-state index is 9.66. The molecule has 1 heterocycles. The van der Waals surface area contributed by atoms with Crippen molar-refractivity contribution in [1.82, 2.24) is 9.55 Å². The van der Waals surface area contributed by atoms with Gasteiger partial charge in [0.05, 0.1) is 11.4 Å². The first-order chi connectivity index (χ1) is 10.3. The highest BCUT2D eigenvalue weighted by molar-refractivity contribution is 5.79. The third-order valence-electron chi connectivity index (χ3n) is 3.42. The fourth-order valence-electron chi connectivity index (χ4n) is 2.46. The molecule has 0 aliphatic rings. The van der Waals surface area contributed by atoms with E-state index in [0.717, 1.165) is 22.5 Å². The Hall–Kier alpha value is -2.43. The van der Waals surface area contributed by atoms with Crippen LogP contribution >= 0.6 is 0 Å². The zero-order valence-electron chi connectivity index (χ0n) is 11.5. The number of hydrogen-bond acceptors (Lipinski definition) is 3. The highest BCUT2D eigenvalue weighted by Crippen LogP contribution is 2.32. The van der Waals surface area contributed by atoms with Gasteiger partial charge >= 0.3 is 0 Å². The first-order valence-corrected chi connectivity index (χ1v) is 6.77. The summed E-state index contributed by atoms with van der Waals surface area (Å²) in [4.78, 5) is 4.50. The van der Waals surface area contributed by atoms with Crippen LogP contribution in [0.15, 0.2) is 60.7 Å². The second-order valence-electron chi connectivity index (χ2n) is 4.68. The van der Waals surface area contributed by atoms with Crippen LogP contribution in [-0.4, -0.2) is 19.8 Å². The van der Waals surface area contributed by atoms with Crippen LogP contribution in [0.25, 0.3) is 22.5 Å². The van der Waals surface area contributed by atoms with Crippen molar-refractivity contribution in [2.75, 3.05) is 0 Å². The molecule has 4 heteroatoms.